The van der Waals surface area contributed by atoms with Gasteiger partial charge >= 0.3 is 0 Å². The van der Waals surface area contributed by atoms with Crippen molar-refractivity contribution in [2.45, 2.75) is 38.5 Å². The standard InChI is InChI=1S/C36H36Cl2N6O3/c1-46-31-17-22(8-9-23(31)18-39-20-25-5-4-15-41-25)27-14-16-42-35(34(27)38)29-7-3-6-28(33(29)37)30-12-10-24(36(44-30)47-2)19-40-21-26-11-13-32(45)43-26/h3-10,12,14-17,26,39-41H,11,13,18-21H2,1-2H3,(H,43,45)/t26-/m0/s1. The molecule has 0 radical (unpaired) electrons. The number of carbonyl (C=O) groups is 1. The number of benzene rings is 2. The average molecular weight is 672 g/mol. The van der Waals surface area contributed by atoms with Crippen molar-refractivity contribution >= 4 is 29.1 Å². The number of rotatable bonds is 13. The fraction of sp³-hybridized carbons (Fsp3) is 0.250. The van der Waals surface area contributed by atoms with Gasteiger partial charge in [-0.3, -0.25) is 9.78 Å². The van der Waals surface area contributed by atoms with E-state index in [1.165, 1.54) is 0 Å². The van der Waals surface area contributed by atoms with Gasteiger partial charge < -0.3 is 30.4 Å². The van der Waals surface area contributed by atoms with E-state index in [9.17, 15) is 4.79 Å². The third-order valence-corrected chi connectivity index (χ3v) is 9.02. The van der Waals surface area contributed by atoms with Crippen molar-refractivity contribution in [1.82, 2.24) is 30.9 Å². The molecule has 1 amide bonds. The second-order valence-corrected chi connectivity index (χ2v) is 12.1. The van der Waals surface area contributed by atoms with E-state index in [1.807, 2.05) is 72.9 Å². The van der Waals surface area contributed by atoms with E-state index < -0.39 is 0 Å². The third kappa shape index (κ3) is 7.44. The summed E-state index contributed by atoms with van der Waals surface area (Å²) in [5.74, 6) is 1.37. The molecule has 0 unspecified atom stereocenters. The lowest BCUT2D eigenvalue weighted by atomic mass is 9.99. The van der Waals surface area contributed by atoms with Gasteiger partial charge in [0.05, 0.1) is 35.7 Å². The minimum atomic E-state index is 0.102. The number of ether oxygens (including phenoxy) is 2. The molecule has 4 heterocycles. The number of methoxy groups -OCH3 is 2. The molecule has 1 saturated heterocycles. The van der Waals surface area contributed by atoms with Crippen LogP contribution in [0.5, 0.6) is 11.6 Å². The van der Waals surface area contributed by atoms with Gasteiger partial charge in [-0.25, -0.2) is 4.98 Å². The van der Waals surface area contributed by atoms with Gasteiger partial charge in [0, 0.05) is 84.5 Å². The molecule has 1 fully saturated rings. The van der Waals surface area contributed by atoms with Crippen molar-refractivity contribution in [3.63, 3.8) is 0 Å². The van der Waals surface area contributed by atoms with Crippen molar-refractivity contribution in [3.8, 4) is 45.3 Å². The number of nitrogens with one attached hydrogen (secondary N) is 4. The lowest BCUT2D eigenvalue weighted by molar-refractivity contribution is -0.119. The monoisotopic (exact) mass is 670 g/mol. The van der Waals surface area contributed by atoms with Crippen molar-refractivity contribution in [1.29, 1.82) is 0 Å². The second kappa shape index (κ2) is 15.0. The summed E-state index contributed by atoms with van der Waals surface area (Å²) in [7, 11) is 3.27. The number of pyridine rings is 2. The van der Waals surface area contributed by atoms with E-state index in [0.29, 0.717) is 58.9 Å². The molecule has 11 heteroatoms. The normalized spacial score (nSPS) is 14.3. The first-order valence-electron chi connectivity index (χ1n) is 15.4. The number of carbonyl (C=O) groups excluding carboxylic acids is 1. The van der Waals surface area contributed by atoms with Crippen LogP contribution in [-0.4, -0.2) is 47.7 Å². The first-order chi connectivity index (χ1) is 22.9. The summed E-state index contributed by atoms with van der Waals surface area (Å²) in [6.45, 7) is 2.61. The Bertz CT molecular complexity index is 1860. The molecule has 1 aliphatic heterocycles. The van der Waals surface area contributed by atoms with Crippen LogP contribution >= 0.6 is 23.2 Å². The van der Waals surface area contributed by atoms with Crippen LogP contribution in [0.2, 0.25) is 10.0 Å². The number of amides is 1. The molecular formula is C36H36Cl2N6O3. The van der Waals surface area contributed by atoms with Gasteiger partial charge in [0.1, 0.15) is 5.75 Å². The zero-order chi connectivity index (χ0) is 32.8. The van der Waals surface area contributed by atoms with Crippen LogP contribution in [0.25, 0.3) is 33.6 Å². The van der Waals surface area contributed by atoms with Gasteiger partial charge in [0.15, 0.2) is 0 Å². The molecule has 2 aromatic carbocycles. The number of hydrogen-bond acceptors (Lipinski definition) is 7. The number of hydrogen-bond donors (Lipinski definition) is 4. The van der Waals surface area contributed by atoms with Crippen LogP contribution in [0.15, 0.2) is 79.1 Å². The Morgan fingerprint density at radius 2 is 1.70 bits per heavy atom. The SMILES string of the molecule is COc1cc(-c2ccnc(-c3cccc(-c4ccc(CNC[C@@H]5CCC(=O)N5)c(OC)n4)c3Cl)c2Cl)ccc1CNCc1ccc[nH]1. The smallest absolute Gasteiger partial charge is 0.220 e. The summed E-state index contributed by atoms with van der Waals surface area (Å²) in [6.07, 6.45) is 5.06. The summed E-state index contributed by atoms with van der Waals surface area (Å²) in [4.78, 5) is 24.1. The van der Waals surface area contributed by atoms with E-state index in [1.54, 1.807) is 20.4 Å². The van der Waals surface area contributed by atoms with Crippen molar-refractivity contribution < 1.29 is 14.3 Å². The first-order valence-corrected chi connectivity index (χ1v) is 16.2. The quantitative estimate of drug-likeness (QED) is 0.109. The summed E-state index contributed by atoms with van der Waals surface area (Å²) in [5, 5.41) is 10.8. The molecule has 6 rings (SSSR count). The van der Waals surface area contributed by atoms with E-state index in [2.05, 4.69) is 25.9 Å². The zero-order valence-electron chi connectivity index (χ0n) is 26.2. The topological polar surface area (TPSA) is 113 Å². The Morgan fingerprint density at radius 1 is 0.872 bits per heavy atom. The molecular weight excluding hydrogens is 635 g/mol. The number of halogens is 2. The Hall–Kier alpha value is -4.41. The maximum Gasteiger partial charge on any atom is 0.220 e. The van der Waals surface area contributed by atoms with Gasteiger partial charge in [0.2, 0.25) is 11.8 Å². The fourth-order valence-corrected chi connectivity index (χ4v) is 6.41. The van der Waals surface area contributed by atoms with E-state index in [4.69, 9.17) is 37.7 Å². The molecule has 9 nitrogen and oxygen atoms in total. The van der Waals surface area contributed by atoms with Crippen molar-refractivity contribution in [2.24, 2.45) is 0 Å². The second-order valence-electron chi connectivity index (χ2n) is 11.3. The van der Waals surface area contributed by atoms with Gasteiger partial charge in [-0.15, -0.1) is 0 Å². The molecule has 242 valence electrons. The Balaban J connectivity index is 1.22. The molecule has 5 aromatic rings. The van der Waals surface area contributed by atoms with Crippen LogP contribution in [0.1, 0.15) is 29.7 Å². The predicted octanol–water partition coefficient (Wildman–Crippen LogP) is 6.79. The van der Waals surface area contributed by atoms with Crippen molar-refractivity contribution in [2.75, 3.05) is 20.8 Å². The fourth-order valence-electron chi connectivity index (χ4n) is 5.78. The number of aromatic nitrogens is 3. The minimum absolute atomic E-state index is 0.102. The molecule has 3 aromatic heterocycles. The molecule has 0 spiro atoms. The van der Waals surface area contributed by atoms with E-state index in [0.717, 1.165) is 52.2 Å². The minimum Gasteiger partial charge on any atom is -0.496 e. The van der Waals surface area contributed by atoms with Gasteiger partial charge in [0.25, 0.3) is 0 Å². The third-order valence-electron chi connectivity index (χ3n) is 8.23. The van der Waals surface area contributed by atoms with Crippen LogP contribution in [0, 0.1) is 0 Å². The largest absolute Gasteiger partial charge is 0.496 e. The van der Waals surface area contributed by atoms with Gasteiger partial charge in [-0.1, -0.05) is 59.6 Å². The Kier molecular flexibility index (Phi) is 10.4. The highest BCUT2D eigenvalue weighted by Crippen LogP contribution is 2.42. The van der Waals surface area contributed by atoms with Crippen LogP contribution < -0.4 is 25.4 Å². The van der Waals surface area contributed by atoms with E-state index in [-0.39, 0.29) is 11.9 Å². The maximum atomic E-state index is 11.5. The molecule has 1 atom stereocenters. The summed E-state index contributed by atoms with van der Waals surface area (Å²) in [6, 6.07) is 21.8. The predicted molar refractivity (Wildman–Crippen MR) is 186 cm³/mol. The lowest BCUT2D eigenvalue weighted by Gasteiger charge is -2.16. The van der Waals surface area contributed by atoms with Crippen molar-refractivity contribution in [3.05, 3.63) is 106 Å². The average Bonchev–Trinajstić information content (AvgIpc) is 3.77. The molecule has 4 N–H and O–H groups in total. The number of aromatic amines is 1. The maximum absolute atomic E-state index is 11.5. The van der Waals surface area contributed by atoms with Crippen LogP contribution in [0.4, 0.5) is 0 Å². The molecule has 0 bridgehead atoms. The van der Waals surface area contributed by atoms with E-state index >= 15 is 0 Å². The summed E-state index contributed by atoms with van der Waals surface area (Å²) < 4.78 is 11.4. The molecule has 0 aliphatic carbocycles. The highest BCUT2D eigenvalue weighted by Gasteiger charge is 2.21. The van der Waals surface area contributed by atoms with Gasteiger partial charge in [-0.05, 0) is 42.3 Å². The van der Waals surface area contributed by atoms with Gasteiger partial charge in [-0.2, -0.15) is 0 Å². The number of nitrogens with zero attached hydrogens (tertiary/aromatic N) is 2. The highest BCUT2D eigenvalue weighted by molar-refractivity contribution is 6.39. The molecule has 0 saturated carbocycles. The Labute approximate surface area is 284 Å². The summed E-state index contributed by atoms with van der Waals surface area (Å²) >= 11 is 14.1. The Morgan fingerprint density at radius 3 is 2.47 bits per heavy atom. The molecule has 1 aliphatic rings. The number of H-pyrrole nitrogens is 1. The summed E-state index contributed by atoms with van der Waals surface area (Å²) in [5.41, 5.74) is 7.44. The lowest BCUT2D eigenvalue weighted by Crippen LogP contribution is -2.35. The van der Waals surface area contributed by atoms with Crippen LogP contribution in [0.3, 0.4) is 0 Å². The highest BCUT2D eigenvalue weighted by atomic mass is 35.5. The zero-order valence-corrected chi connectivity index (χ0v) is 27.7. The van der Waals surface area contributed by atoms with Crippen LogP contribution in [-0.2, 0) is 24.4 Å². The first kappa shape index (κ1) is 32.5. The molecule has 47 heavy (non-hydrogen) atoms.